The summed E-state index contributed by atoms with van der Waals surface area (Å²) >= 11 is 0. The standard InChI is InChI=1S/C16H21N5/c1-11(17)12-4-6-13(7-5-12)21-18-15-9-8-14(20(2)3)10-16(15)19-21/h4-11,18-19H,17H2,1-3H3. The summed E-state index contributed by atoms with van der Waals surface area (Å²) in [5, 5.41) is 1.91. The summed E-state index contributed by atoms with van der Waals surface area (Å²) < 4.78 is 0. The summed E-state index contributed by atoms with van der Waals surface area (Å²) in [6.45, 7) is 1.99. The topological polar surface area (TPSA) is 56.6 Å². The Morgan fingerprint density at radius 3 is 2.29 bits per heavy atom. The van der Waals surface area contributed by atoms with E-state index >= 15 is 0 Å². The molecule has 0 aromatic heterocycles. The van der Waals surface area contributed by atoms with E-state index in [9.17, 15) is 0 Å². The van der Waals surface area contributed by atoms with Gasteiger partial charge in [0.2, 0.25) is 0 Å². The molecule has 1 aliphatic heterocycles. The number of benzene rings is 2. The van der Waals surface area contributed by atoms with Gasteiger partial charge in [0.25, 0.3) is 0 Å². The zero-order chi connectivity index (χ0) is 15.0. The Balaban J connectivity index is 1.80. The SMILES string of the molecule is CC(N)c1ccc(N2Nc3ccc(N(C)C)cc3N2)cc1. The van der Waals surface area contributed by atoms with Gasteiger partial charge in [-0.25, -0.2) is 0 Å². The van der Waals surface area contributed by atoms with E-state index in [1.165, 1.54) is 0 Å². The third kappa shape index (κ3) is 2.60. The van der Waals surface area contributed by atoms with Gasteiger partial charge in [0.1, 0.15) is 0 Å². The first-order chi connectivity index (χ1) is 10.0. The minimum absolute atomic E-state index is 0.0541. The molecule has 0 saturated heterocycles. The van der Waals surface area contributed by atoms with Crippen molar-refractivity contribution in [3.8, 4) is 0 Å². The molecule has 0 amide bonds. The summed E-state index contributed by atoms with van der Waals surface area (Å²) in [5.74, 6) is 0. The molecular formula is C16H21N5. The van der Waals surface area contributed by atoms with Crippen molar-refractivity contribution in [2.24, 2.45) is 5.73 Å². The van der Waals surface area contributed by atoms with Crippen molar-refractivity contribution < 1.29 is 0 Å². The Labute approximate surface area is 125 Å². The fraction of sp³-hybridized carbons (Fsp3) is 0.250. The first-order valence-corrected chi connectivity index (χ1v) is 7.05. The van der Waals surface area contributed by atoms with E-state index in [2.05, 4.69) is 58.2 Å². The highest BCUT2D eigenvalue weighted by Gasteiger charge is 2.18. The summed E-state index contributed by atoms with van der Waals surface area (Å²) in [6, 6.07) is 14.6. The zero-order valence-corrected chi connectivity index (χ0v) is 12.6. The van der Waals surface area contributed by atoms with Crippen LogP contribution in [-0.4, -0.2) is 14.1 Å². The molecule has 0 aliphatic carbocycles. The van der Waals surface area contributed by atoms with E-state index in [0.717, 1.165) is 28.3 Å². The second-order valence-corrected chi connectivity index (χ2v) is 5.56. The zero-order valence-electron chi connectivity index (χ0n) is 12.6. The Morgan fingerprint density at radius 2 is 1.67 bits per heavy atom. The van der Waals surface area contributed by atoms with Gasteiger partial charge in [-0.15, -0.1) is 0 Å². The van der Waals surface area contributed by atoms with Gasteiger partial charge in [-0.2, -0.15) is 5.12 Å². The van der Waals surface area contributed by atoms with Crippen LogP contribution < -0.4 is 26.6 Å². The van der Waals surface area contributed by atoms with Crippen molar-refractivity contribution in [2.45, 2.75) is 13.0 Å². The monoisotopic (exact) mass is 283 g/mol. The molecule has 1 heterocycles. The molecule has 110 valence electrons. The van der Waals surface area contributed by atoms with Gasteiger partial charge in [0.15, 0.2) is 0 Å². The molecule has 0 bridgehead atoms. The maximum atomic E-state index is 5.88. The molecule has 1 unspecified atom stereocenters. The third-order valence-electron chi connectivity index (χ3n) is 3.66. The van der Waals surface area contributed by atoms with Gasteiger partial charge in [0.05, 0.1) is 17.1 Å². The molecule has 1 atom stereocenters. The highest BCUT2D eigenvalue weighted by Crippen LogP contribution is 2.34. The number of fused-ring (bicyclic) bond motifs is 1. The van der Waals surface area contributed by atoms with Crippen LogP contribution in [0.25, 0.3) is 0 Å². The van der Waals surface area contributed by atoms with Gasteiger partial charge in [-0.3, -0.25) is 10.9 Å². The Bertz CT molecular complexity index is 634. The maximum Gasteiger partial charge on any atom is 0.0832 e. The second kappa shape index (κ2) is 5.18. The normalized spacial score (nSPS) is 14.2. The fourth-order valence-electron chi connectivity index (χ4n) is 2.33. The molecular weight excluding hydrogens is 262 g/mol. The first-order valence-electron chi connectivity index (χ1n) is 7.05. The molecule has 5 heteroatoms. The van der Waals surface area contributed by atoms with E-state index in [4.69, 9.17) is 5.73 Å². The number of nitrogens with zero attached hydrogens (tertiary/aromatic N) is 2. The van der Waals surface area contributed by atoms with Crippen LogP contribution in [0.5, 0.6) is 0 Å². The van der Waals surface area contributed by atoms with Crippen LogP contribution in [0.2, 0.25) is 0 Å². The van der Waals surface area contributed by atoms with E-state index in [-0.39, 0.29) is 6.04 Å². The summed E-state index contributed by atoms with van der Waals surface area (Å²) in [4.78, 5) is 2.09. The molecule has 3 rings (SSSR count). The van der Waals surface area contributed by atoms with Crippen LogP contribution in [0, 0.1) is 0 Å². The van der Waals surface area contributed by atoms with Crippen molar-refractivity contribution in [1.82, 2.24) is 0 Å². The average molecular weight is 283 g/mol. The van der Waals surface area contributed by atoms with Crippen molar-refractivity contribution in [1.29, 1.82) is 0 Å². The number of hydrogen-bond donors (Lipinski definition) is 3. The number of hydrogen-bond acceptors (Lipinski definition) is 5. The van der Waals surface area contributed by atoms with Gasteiger partial charge < -0.3 is 10.6 Å². The van der Waals surface area contributed by atoms with Crippen LogP contribution in [0.15, 0.2) is 42.5 Å². The number of hydrazine groups is 2. The molecule has 4 N–H and O–H groups in total. The quantitative estimate of drug-likeness (QED) is 0.808. The number of nitrogens with two attached hydrogens (primary N) is 1. The van der Waals surface area contributed by atoms with Gasteiger partial charge in [-0.05, 0) is 42.8 Å². The highest BCUT2D eigenvalue weighted by atomic mass is 15.8. The summed E-state index contributed by atoms with van der Waals surface area (Å²) in [7, 11) is 4.07. The first kappa shape index (κ1) is 13.6. The summed E-state index contributed by atoms with van der Waals surface area (Å²) in [6.07, 6.45) is 0. The Morgan fingerprint density at radius 1 is 1.00 bits per heavy atom. The van der Waals surface area contributed by atoms with Crippen LogP contribution in [-0.2, 0) is 0 Å². The fourth-order valence-corrected chi connectivity index (χ4v) is 2.33. The van der Waals surface area contributed by atoms with Gasteiger partial charge in [0, 0.05) is 25.8 Å². The van der Waals surface area contributed by atoms with Crippen molar-refractivity contribution in [3.63, 3.8) is 0 Å². The molecule has 0 spiro atoms. The maximum absolute atomic E-state index is 5.88. The molecule has 0 saturated carbocycles. The second-order valence-electron chi connectivity index (χ2n) is 5.56. The highest BCUT2D eigenvalue weighted by molar-refractivity contribution is 5.82. The minimum atomic E-state index is 0.0541. The van der Waals surface area contributed by atoms with Gasteiger partial charge >= 0.3 is 0 Å². The number of rotatable bonds is 3. The van der Waals surface area contributed by atoms with Crippen molar-refractivity contribution in [3.05, 3.63) is 48.0 Å². The van der Waals surface area contributed by atoms with E-state index < -0.39 is 0 Å². The molecule has 2 aromatic rings. The Hall–Kier alpha value is -2.40. The van der Waals surface area contributed by atoms with Crippen molar-refractivity contribution >= 4 is 22.7 Å². The molecule has 0 fully saturated rings. The van der Waals surface area contributed by atoms with Crippen molar-refractivity contribution in [2.75, 3.05) is 35.0 Å². The third-order valence-corrected chi connectivity index (χ3v) is 3.66. The van der Waals surface area contributed by atoms with Crippen LogP contribution in [0.3, 0.4) is 0 Å². The molecule has 1 aliphatic rings. The lowest BCUT2D eigenvalue weighted by molar-refractivity contribution is 0.818. The lowest BCUT2D eigenvalue weighted by Gasteiger charge is -2.19. The van der Waals surface area contributed by atoms with Crippen LogP contribution in [0.4, 0.5) is 22.7 Å². The number of nitrogens with one attached hydrogen (secondary N) is 2. The molecule has 2 aromatic carbocycles. The van der Waals surface area contributed by atoms with E-state index in [1.54, 1.807) is 0 Å². The average Bonchev–Trinajstić information content (AvgIpc) is 2.90. The Kier molecular flexibility index (Phi) is 3.35. The lowest BCUT2D eigenvalue weighted by Crippen LogP contribution is -2.29. The predicted octanol–water partition coefficient (Wildman–Crippen LogP) is 2.95. The van der Waals surface area contributed by atoms with Crippen LogP contribution >= 0.6 is 0 Å². The molecule has 21 heavy (non-hydrogen) atoms. The van der Waals surface area contributed by atoms with E-state index in [0.29, 0.717) is 0 Å². The molecule has 0 radical (unpaired) electrons. The molecule has 5 nitrogen and oxygen atoms in total. The largest absolute Gasteiger partial charge is 0.378 e. The van der Waals surface area contributed by atoms with Gasteiger partial charge in [-0.1, -0.05) is 12.1 Å². The number of anilines is 4. The summed E-state index contributed by atoms with van der Waals surface area (Å²) in [5.41, 5.74) is 18.0. The lowest BCUT2D eigenvalue weighted by atomic mass is 10.1. The predicted molar refractivity (Wildman–Crippen MR) is 89.5 cm³/mol. The van der Waals surface area contributed by atoms with E-state index in [1.807, 2.05) is 26.1 Å². The minimum Gasteiger partial charge on any atom is -0.378 e. The smallest absolute Gasteiger partial charge is 0.0832 e. The van der Waals surface area contributed by atoms with Crippen LogP contribution in [0.1, 0.15) is 18.5 Å².